The van der Waals surface area contributed by atoms with Gasteiger partial charge in [-0.1, -0.05) is 0 Å². The molecular formula is C14H21N3O. The van der Waals surface area contributed by atoms with Crippen LogP contribution in [0.2, 0.25) is 0 Å². The molecule has 0 amide bonds. The molecule has 0 radical (unpaired) electrons. The van der Waals surface area contributed by atoms with Crippen LogP contribution in [0, 0.1) is 20.8 Å². The average molecular weight is 247 g/mol. The van der Waals surface area contributed by atoms with E-state index in [0.29, 0.717) is 0 Å². The van der Waals surface area contributed by atoms with Crippen molar-refractivity contribution in [2.75, 3.05) is 0 Å². The second-order valence-electron chi connectivity index (χ2n) is 4.85. The standard InChI is InChI=1S/C14H21N3O/c1-9-6-14(12(4)18-9)10(2)15-7-13-8-16-17(5)11(13)3/h6,8,10,15H,7H2,1-5H3. The predicted molar refractivity (Wildman–Crippen MR) is 71.4 cm³/mol. The number of nitrogens with zero attached hydrogens (tertiary/aromatic N) is 2. The Morgan fingerprint density at radius 1 is 1.39 bits per heavy atom. The highest BCUT2D eigenvalue weighted by molar-refractivity contribution is 5.24. The number of nitrogens with one attached hydrogen (secondary N) is 1. The third kappa shape index (κ3) is 2.48. The summed E-state index contributed by atoms with van der Waals surface area (Å²) in [5, 5.41) is 7.76. The van der Waals surface area contributed by atoms with Gasteiger partial charge in [0.05, 0.1) is 6.20 Å². The molecule has 0 aliphatic heterocycles. The number of hydrogen-bond donors (Lipinski definition) is 1. The van der Waals surface area contributed by atoms with Crippen LogP contribution in [-0.4, -0.2) is 9.78 Å². The van der Waals surface area contributed by atoms with Crippen molar-refractivity contribution in [3.63, 3.8) is 0 Å². The lowest BCUT2D eigenvalue weighted by atomic mass is 10.1. The zero-order valence-electron chi connectivity index (χ0n) is 11.7. The zero-order chi connectivity index (χ0) is 13.3. The molecule has 0 aliphatic carbocycles. The lowest BCUT2D eigenvalue weighted by molar-refractivity contribution is 0.489. The lowest BCUT2D eigenvalue weighted by Gasteiger charge is -2.12. The van der Waals surface area contributed by atoms with E-state index in [-0.39, 0.29) is 6.04 Å². The summed E-state index contributed by atoms with van der Waals surface area (Å²) in [5.74, 6) is 1.96. The van der Waals surface area contributed by atoms with E-state index in [1.54, 1.807) is 0 Å². The first-order valence-corrected chi connectivity index (χ1v) is 6.27. The molecule has 2 aromatic rings. The van der Waals surface area contributed by atoms with Gasteiger partial charge in [-0.15, -0.1) is 0 Å². The molecule has 0 bridgehead atoms. The minimum atomic E-state index is 0.280. The average Bonchev–Trinajstić information content (AvgIpc) is 2.81. The van der Waals surface area contributed by atoms with E-state index >= 15 is 0 Å². The summed E-state index contributed by atoms with van der Waals surface area (Å²) in [7, 11) is 1.96. The van der Waals surface area contributed by atoms with Gasteiger partial charge in [0.25, 0.3) is 0 Å². The maximum atomic E-state index is 5.56. The van der Waals surface area contributed by atoms with Crippen LogP contribution in [0.3, 0.4) is 0 Å². The van der Waals surface area contributed by atoms with Crippen molar-refractivity contribution in [1.82, 2.24) is 15.1 Å². The van der Waals surface area contributed by atoms with Crippen molar-refractivity contribution in [3.8, 4) is 0 Å². The van der Waals surface area contributed by atoms with Gasteiger partial charge in [0.1, 0.15) is 11.5 Å². The van der Waals surface area contributed by atoms with Crippen LogP contribution in [-0.2, 0) is 13.6 Å². The SMILES string of the molecule is Cc1cc(C(C)NCc2cnn(C)c2C)c(C)o1. The maximum Gasteiger partial charge on any atom is 0.105 e. The van der Waals surface area contributed by atoms with Crippen LogP contribution in [0.15, 0.2) is 16.7 Å². The van der Waals surface area contributed by atoms with Gasteiger partial charge in [-0.3, -0.25) is 4.68 Å². The molecule has 0 aromatic carbocycles. The van der Waals surface area contributed by atoms with Gasteiger partial charge in [0.2, 0.25) is 0 Å². The van der Waals surface area contributed by atoms with Gasteiger partial charge in [-0.25, -0.2) is 0 Å². The normalized spacial score (nSPS) is 12.9. The van der Waals surface area contributed by atoms with Crippen molar-refractivity contribution in [2.24, 2.45) is 7.05 Å². The fraction of sp³-hybridized carbons (Fsp3) is 0.500. The summed E-state index contributed by atoms with van der Waals surface area (Å²) in [6.07, 6.45) is 1.92. The van der Waals surface area contributed by atoms with E-state index in [2.05, 4.69) is 30.3 Å². The van der Waals surface area contributed by atoms with E-state index in [9.17, 15) is 0 Å². The zero-order valence-corrected chi connectivity index (χ0v) is 11.7. The van der Waals surface area contributed by atoms with Crippen LogP contribution in [0.25, 0.3) is 0 Å². The van der Waals surface area contributed by atoms with Crippen LogP contribution in [0.5, 0.6) is 0 Å². The smallest absolute Gasteiger partial charge is 0.105 e. The molecule has 1 unspecified atom stereocenters. The molecule has 2 heterocycles. The fourth-order valence-electron chi connectivity index (χ4n) is 2.17. The van der Waals surface area contributed by atoms with E-state index in [1.165, 1.54) is 16.8 Å². The largest absolute Gasteiger partial charge is 0.466 e. The molecule has 2 aromatic heterocycles. The Labute approximate surface area is 108 Å². The first-order valence-electron chi connectivity index (χ1n) is 6.27. The van der Waals surface area contributed by atoms with Gasteiger partial charge in [-0.2, -0.15) is 5.10 Å². The number of hydrogen-bond acceptors (Lipinski definition) is 3. The molecule has 0 spiro atoms. The molecular weight excluding hydrogens is 226 g/mol. The molecule has 0 fully saturated rings. The van der Waals surface area contributed by atoms with Crippen molar-refractivity contribution in [1.29, 1.82) is 0 Å². The molecule has 0 saturated carbocycles. The van der Waals surface area contributed by atoms with Crippen molar-refractivity contribution >= 4 is 0 Å². The Balaban J connectivity index is 2.02. The van der Waals surface area contributed by atoms with Gasteiger partial charge in [0.15, 0.2) is 0 Å². The lowest BCUT2D eigenvalue weighted by Crippen LogP contribution is -2.18. The second-order valence-corrected chi connectivity index (χ2v) is 4.85. The third-order valence-corrected chi connectivity index (χ3v) is 3.48. The fourth-order valence-corrected chi connectivity index (χ4v) is 2.17. The Kier molecular flexibility index (Phi) is 3.57. The van der Waals surface area contributed by atoms with Crippen molar-refractivity contribution < 1.29 is 4.42 Å². The third-order valence-electron chi connectivity index (χ3n) is 3.48. The summed E-state index contributed by atoms with van der Waals surface area (Å²) in [6, 6.07) is 2.38. The van der Waals surface area contributed by atoms with E-state index in [4.69, 9.17) is 4.42 Å². The summed E-state index contributed by atoms with van der Waals surface area (Å²) in [4.78, 5) is 0. The number of aryl methyl sites for hydroxylation is 3. The monoisotopic (exact) mass is 247 g/mol. The van der Waals surface area contributed by atoms with Gasteiger partial charge in [0, 0.05) is 36.5 Å². The van der Waals surface area contributed by atoms with Crippen LogP contribution < -0.4 is 5.32 Å². The minimum absolute atomic E-state index is 0.280. The number of aromatic nitrogens is 2. The number of rotatable bonds is 4. The van der Waals surface area contributed by atoms with Gasteiger partial charge >= 0.3 is 0 Å². The molecule has 0 saturated heterocycles. The van der Waals surface area contributed by atoms with Gasteiger partial charge < -0.3 is 9.73 Å². The van der Waals surface area contributed by atoms with Crippen molar-refractivity contribution in [2.45, 2.75) is 40.3 Å². The maximum absolute atomic E-state index is 5.56. The highest BCUT2D eigenvalue weighted by atomic mass is 16.3. The van der Waals surface area contributed by atoms with Crippen LogP contribution in [0.4, 0.5) is 0 Å². The van der Waals surface area contributed by atoms with Crippen LogP contribution >= 0.6 is 0 Å². The van der Waals surface area contributed by atoms with Gasteiger partial charge in [-0.05, 0) is 33.8 Å². The molecule has 2 rings (SSSR count). The quantitative estimate of drug-likeness (QED) is 0.903. The Morgan fingerprint density at radius 3 is 2.61 bits per heavy atom. The Morgan fingerprint density at radius 2 is 2.11 bits per heavy atom. The highest BCUT2D eigenvalue weighted by Gasteiger charge is 2.13. The van der Waals surface area contributed by atoms with Crippen molar-refractivity contribution in [3.05, 3.63) is 40.6 Å². The molecule has 0 aliphatic rings. The number of furan rings is 1. The Hall–Kier alpha value is -1.55. The topological polar surface area (TPSA) is 43.0 Å². The molecule has 1 N–H and O–H groups in total. The highest BCUT2D eigenvalue weighted by Crippen LogP contribution is 2.21. The first kappa shape index (κ1) is 12.9. The molecule has 4 nitrogen and oxygen atoms in total. The Bertz CT molecular complexity index is 539. The van der Waals surface area contributed by atoms with E-state index < -0.39 is 0 Å². The summed E-state index contributed by atoms with van der Waals surface area (Å²) >= 11 is 0. The van der Waals surface area contributed by atoms with E-state index in [0.717, 1.165) is 18.1 Å². The summed E-state index contributed by atoms with van der Waals surface area (Å²) in [6.45, 7) is 9.06. The molecule has 18 heavy (non-hydrogen) atoms. The molecule has 1 atom stereocenters. The minimum Gasteiger partial charge on any atom is -0.466 e. The molecule has 4 heteroatoms. The second kappa shape index (κ2) is 4.98. The van der Waals surface area contributed by atoms with E-state index in [1.807, 2.05) is 31.8 Å². The first-order chi connectivity index (χ1) is 8.49. The summed E-state index contributed by atoms with van der Waals surface area (Å²) in [5.41, 5.74) is 3.67. The van der Waals surface area contributed by atoms with Crippen LogP contribution in [0.1, 0.15) is 41.3 Å². The molecule has 98 valence electrons. The predicted octanol–water partition coefficient (Wildman–Crippen LogP) is 2.79. The summed E-state index contributed by atoms with van der Waals surface area (Å²) < 4.78 is 7.46.